The largest absolute Gasteiger partial charge is 0.414 e. The van der Waals surface area contributed by atoms with E-state index in [0.29, 0.717) is 6.07 Å². The second-order valence-corrected chi connectivity index (χ2v) is 3.12. The summed E-state index contributed by atoms with van der Waals surface area (Å²) in [6.07, 6.45) is -8.91. The van der Waals surface area contributed by atoms with Crippen LogP contribution in [-0.4, -0.2) is 17.4 Å². The van der Waals surface area contributed by atoms with Gasteiger partial charge in [-0.15, -0.1) is 0 Å². The predicted octanol–water partition coefficient (Wildman–Crippen LogP) is 2.57. The molecule has 0 spiro atoms. The van der Waals surface area contributed by atoms with Crippen molar-refractivity contribution in [2.75, 3.05) is 0 Å². The molecule has 0 radical (unpaired) electrons. The first kappa shape index (κ1) is 12.8. The van der Waals surface area contributed by atoms with Gasteiger partial charge in [0.1, 0.15) is 5.82 Å². The van der Waals surface area contributed by atoms with E-state index in [1.165, 1.54) is 0 Å². The lowest BCUT2D eigenvalue weighted by atomic mass is 10.1. The Kier molecular flexibility index (Phi) is 3.47. The Morgan fingerprint density at radius 2 is 1.50 bits per heavy atom. The Bertz CT molecular complexity index is 386. The van der Waals surface area contributed by atoms with E-state index in [2.05, 4.69) is 0 Å². The molecule has 0 amide bonds. The maximum Gasteiger partial charge on any atom is 0.414 e. The lowest BCUT2D eigenvalue weighted by Crippen LogP contribution is -2.30. The quantitative estimate of drug-likeness (QED) is 0.626. The molecule has 0 heterocycles. The van der Waals surface area contributed by atoms with E-state index in [0.717, 1.165) is 0 Å². The van der Waals surface area contributed by atoms with Gasteiger partial charge in [0.05, 0.1) is 0 Å². The SMILES string of the molecule is OC(Cc1cc(F)c(F)cc1F)C(F)(F)F. The van der Waals surface area contributed by atoms with Gasteiger partial charge in [0.2, 0.25) is 0 Å². The fourth-order valence-corrected chi connectivity index (χ4v) is 1.04. The molecule has 0 aromatic heterocycles. The standard InChI is InChI=1S/C9H6F6O/c10-5-3-7(12)6(11)1-4(5)2-8(16)9(13,14)15/h1,3,8,16H,2H2. The minimum Gasteiger partial charge on any atom is -0.383 e. The van der Waals surface area contributed by atoms with Crippen LogP contribution in [-0.2, 0) is 6.42 Å². The number of aliphatic hydroxyl groups is 1. The molecule has 16 heavy (non-hydrogen) atoms. The smallest absolute Gasteiger partial charge is 0.383 e. The van der Waals surface area contributed by atoms with Crippen molar-refractivity contribution in [2.45, 2.75) is 18.7 Å². The van der Waals surface area contributed by atoms with Gasteiger partial charge in [0.15, 0.2) is 17.7 Å². The molecular formula is C9H6F6O. The molecule has 0 aliphatic carbocycles. The molecule has 90 valence electrons. The van der Waals surface area contributed by atoms with Gasteiger partial charge in [0, 0.05) is 12.5 Å². The maximum absolute atomic E-state index is 12.9. The lowest BCUT2D eigenvalue weighted by molar-refractivity contribution is -0.203. The monoisotopic (exact) mass is 244 g/mol. The highest BCUT2D eigenvalue weighted by Crippen LogP contribution is 2.24. The van der Waals surface area contributed by atoms with Gasteiger partial charge in [-0.1, -0.05) is 0 Å². The normalized spacial score (nSPS) is 13.9. The Balaban J connectivity index is 2.94. The summed E-state index contributed by atoms with van der Waals surface area (Å²) in [7, 11) is 0. The van der Waals surface area contributed by atoms with Crippen LogP contribution in [0.5, 0.6) is 0 Å². The van der Waals surface area contributed by atoms with E-state index >= 15 is 0 Å². The van der Waals surface area contributed by atoms with Crippen molar-refractivity contribution < 1.29 is 31.4 Å². The molecule has 1 aromatic carbocycles. The third kappa shape index (κ3) is 2.88. The molecule has 7 heteroatoms. The molecule has 1 N–H and O–H groups in total. The molecule has 0 saturated heterocycles. The average Bonchev–Trinajstić information content (AvgIpc) is 2.12. The lowest BCUT2D eigenvalue weighted by Gasteiger charge is -2.14. The first-order valence-corrected chi connectivity index (χ1v) is 4.10. The number of benzene rings is 1. The fraction of sp³-hybridized carbons (Fsp3) is 0.333. The van der Waals surface area contributed by atoms with Gasteiger partial charge in [-0.25, -0.2) is 13.2 Å². The van der Waals surface area contributed by atoms with Crippen LogP contribution in [0.1, 0.15) is 5.56 Å². The highest BCUT2D eigenvalue weighted by atomic mass is 19.4. The summed E-state index contributed by atoms with van der Waals surface area (Å²) in [5.74, 6) is -4.30. The predicted molar refractivity (Wildman–Crippen MR) is 42.1 cm³/mol. The topological polar surface area (TPSA) is 20.2 Å². The summed E-state index contributed by atoms with van der Waals surface area (Å²) in [4.78, 5) is 0. The summed E-state index contributed by atoms with van der Waals surface area (Å²) < 4.78 is 73.6. The molecular weight excluding hydrogens is 238 g/mol. The minimum atomic E-state index is -4.93. The van der Waals surface area contributed by atoms with E-state index in [1.807, 2.05) is 0 Å². The second kappa shape index (κ2) is 4.32. The van der Waals surface area contributed by atoms with Gasteiger partial charge in [-0.05, 0) is 11.6 Å². The summed E-state index contributed by atoms with van der Waals surface area (Å²) in [5.41, 5.74) is -0.733. The van der Waals surface area contributed by atoms with Gasteiger partial charge in [-0.2, -0.15) is 13.2 Å². The van der Waals surface area contributed by atoms with Crippen molar-refractivity contribution in [1.29, 1.82) is 0 Å². The zero-order chi connectivity index (χ0) is 12.5. The van der Waals surface area contributed by atoms with Crippen molar-refractivity contribution in [3.05, 3.63) is 35.1 Å². The van der Waals surface area contributed by atoms with Crippen LogP contribution in [0, 0.1) is 17.5 Å². The third-order valence-electron chi connectivity index (χ3n) is 1.88. The molecule has 0 bridgehead atoms. The van der Waals surface area contributed by atoms with Crippen LogP contribution < -0.4 is 0 Å². The van der Waals surface area contributed by atoms with Gasteiger partial charge in [0.25, 0.3) is 0 Å². The molecule has 1 aromatic rings. The van der Waals surface area contributed by atoms with Crippen LogP contribution in [0.15, 0.2) is 12.1 Å². The van der Waals surface area contributed by atoms with Crippen LogP contribution in [0.4, 0.5) is 26.3 Å². The van der Waals surface area contributed by atoms with Crippen LogP contribution in [0.3, 0.4) is 0 Å². The average molecular weight is 244 g/mol. The van der Waals surface area contributed by atoms with Crippen molar-refractivity contribution in [3.8, 4) is 0 Å². The van der Waals surface area contributed by atoms with Gasteiger partial charge >= 0.3 is 6.18 Å². The first-order valence-electron chi connectivity index (χ1n) is 4.10. The van der Waals surface area contributed by atoms with E-state index in [-0.39, 0.29) is 6.07 Å². The highest BCUT2D eigenvalue weighted by molar-refractivity contribution is 5.21. The van der Waals surface area contributed by atoms with E-state index in [9.17, 15) is 26.3 Å². The zero-order valence-corrected chi connectivity index (χ0v) is 7.65. The van der Waals surface area contributed by atoms with Crippen LogP contribution >= 0.6 is 0 Å². The van der Waals surface area contributed by atoms with Crippen LogP contribution in [0.2, 0.25) is 0 Å². The van der Waals surface area contributed by atoms with Crippen LogP contribution in [0.25, 0.3) is 0 Å². The number of hydrogen-bond acceptors (Lipinski definition) is 1. The molecule has 1 rings (SSSR count). The zero-order valence-electron chi connectivity index (χ0n) is 7.65. The molecule has 0 aliphatic rings. The molecule has 1 nitrogen and oxygen atoms in total. The van der Waals surface area contributed by atoms with Crippen molar-refractivity contribution in [2.24, 2.45) is 0 Å². The number of aliphatic hydroxyl groups excluding tert-OH is 1. The molecule has 0 aliphatic heterocycles. The Labute approximate surface area is 86.3 Å². The number of hydrogen-bond donors (Lipinski definition) is 1. The second-order valence-electron chi connectivity index (χ2n) is 3.12. The van der Waals surface area contributed by atoms with Gasteiger partial charge in [-0.3, -0.25) is 0 Å². The summed E-state index contributed by atoms with van der Waals surface area (Å²) in [5, 5.41) is 8.62. The fourth-order valence-electron chi connectivity index (χ4n) is 1.04. The van der Waals surface area contributed by atoms with Crippen molar-refractivity contribution in [3.63, 3.8) is 0 Å². The third-order valence-corrected chi connectivity index (χ3v) is 1.88. The molecule has 1 unspecified atom stereocenters. The van der Waals surface area contributed by atoms with Crippen molar-refractivity contribution in [1.82, 2.24) is 0 Å². The first-order chi connectivity index (χ1) is 7.21. The van der Waals surface area contributed by atoms with Gasteiger partial charge < -0.3 is 5.11 Å². The molecule has 0 saturated carbocycles. The maximum atomic E-state index is 12.9. The van der Waals surface area contributed by atoms with E-state index in [1.54, 1.807) is 0 Å². The Hall–Kier alpha value is -1.24. The Morgan fingerprint density at radius 1 is 1.00 bits per heavy atom. The summed E-state index contributed by atoms with van der Waals surface area (Å²) >= 11 is 0. The summed E-state index contributed by atoms with van der Waals surface area (Å²) in [6.45, 7) is 0. The number of halogens is 6. The highest BCUT2D eigenvalue weighted by Gasteiger charge is 2.38. The Morgan fingerprint density at radius 3 is 2.00 bits per heavy atom. The molecule has 1 atom stereocenters. The van der Waals surface area contributed by atoms with Crippen molar-refractivity contribution >= 4 is 0 Å². The number of alkyl halides is 3. The number of rotatable bonds is 2. The minimum absolute atomic E-state index is 0.133. The molecule has 0 fully saturated rings. The van der Waals surface area contributed by atoms with E-state index in [4.69, 9.17) is 5.11 Å². The summed E-state index contributed by atoms with van der Waals surface area (Å²) in [6, 6.07) is 0.424. The van der Waals surface area contributed by atoms with E-state index < -0.39 is 41.7 Å².